The summed E-state index contributed by atoms with van der Waals surface area (Å²) in [6.07, 6.45) is 2.71. The number of benzene rings is 1. The topological polar surface area (TPSA) is 44.3 Å². The zero-order valence-electron chi connectivity index (χ0n) is 14.2. The average Bonchev–Trinajstić information content (AvgIpc) is 2.62. The summed E-state index contributed by atoms with van der Waals surface area (Å²) < 4.78 is 0. The minimum absolute atomic E-state index is 0.410. The molecule has 1 atom stereocenters. The van der Waals surface area contributed by atoms with Crippen LogP contribution in [0.15, 0.2) is 36.7 Å². The lowest BCUT2D eigenvalue weighted by Crippen LogP contribution is -2.46. The van der Waals surface area contributed by atoms with Crippen LogP contribution >= 0.6 is 11.6 Å². The number of aromatic nitrogens is 2. The molecule has 1 unspecified atom stereocenters. The van der Waals surface area contributed by atoms with Crippen molar-refractivity contribution in [3.8, 4) is 0 Å². The number of nitrogens with zero attached hydrogens (tertiary/aromatic N) is 4. The molecule has 1 saturated heterocycles. The molecule has 2 heterocycles. The summed E-state index contributed by atoms with van der Waals surface area (Å²) in [6.45, 7) is 8.11. The Morgan fingerprint density at radius 1 is 1.12 bits per heavy atom. The van der Waals surface area contributed by atoms with Gasteiger partial charge in [-0.2, -0.15) is 0 Å². The summed E-state index contributed by atoms with van der Waals surface area (Å²) >= 11 is 6.10. The molecule has 1 fully saturated rings. The average molecular weight is 346 g/mol. The van der Waals surface area contributed by atoms with Gasteiger partial charge in [0, 0.05) is 49.0 Å². The summed E-state index contributed by atoms with van der Waals surface area (Å²) in [4.78, 5) is 13.4. The third-order valence-corrected chi connectivity index (χ3v) is 4.67. The van der Waals surface area contributed by atoms with Crippen LogP contribution in [0.25, 0.3) is 0 Å². The van der Waals surface area contributed by atoms with Crippen molar-refractivity contribution in [3.05, 3.63) is 41.7 Å². The van der Waals surface area contributed by atoms with Crippen molar-refractivity contribution in [1.82, 2.24) is 9.97 Å². The standard InChI is InChI=1S/C18H24ClN5/c1-3-14(2)22-17-12-18(21-13-20-17)24-9-7-23(8-10-24)16-6-4-5-15(19)11-16/h4-6,11-14H,3,7-10H2,1-2H3,(H,20,21,22). The van der Waals surface area contributed by atoms with Crippen LogP contribution in [0, 0.1) is 0 Å². The Hall–Kier alpha value is -2.01. The Balaban J connectivity index is 1.63. The zero-order valence-corrected chi connectivity index (χ0v) is 15.0. The number of nitrogens with one attached hydrogen (secondary N) is 1. The molecule has 0 radical (unpaired) electrons. The summed E-state index contributed by atoms with van der Waals surface area (Å²) in [6, 6.07) is 10.5. The van der Waals surface area contributed by atoms with Gasteiger partial charge in [0.25, 0.3) is 0 Å². The van der Waals surface area contributed by atoms with Crippen LogP contribution < -0.4 is 15.1 Å². The first kappa shape index (κ1) is 16.8. The van der Waals surface area contributed by atoms with Gasteiger partial charge in [-0.3, -0.25) is 0 Å². The summed E-state index contributed by atoms with van der Waals surface area (Å²) in [7, 11) is 0. The molecule has 2 aromatic rings. The van der Waals surface area contributed by atoms with Crippen LogP contribution in [0.3, 0.4) is 0 Å². The van der Waals surface area contributed by atoms with Gasteiger partial charge in [0.15, 0.2) is 0 Å². The van der Waals surface area contributed by atoms with Crippen molar-refractivity contribution in [3.63, 3.8) is 0 Å². The molecule has 1 aliphatic heterocycles. The first-order chi connectivity index (χ1) is 11.7. The third kappa shape index (κ3) is 4.09. The van der Waals surface area contributed by atoms with Crippen LogP contribution in [-0.4, -0.2) is 42.2 Å². The summed E-state index contributed by atoms with van der Waals surface area (Å²) in [5, 5.41) is 4.19. The molecule has 0 amide bonds. The van der Waals surface area contributed by atoms with Crippen LogP contribution in [-0.2, 0) is 0 Å². The lowest BCUT2D eigenvalue weighted by Gasteiger charge is -2.36. The van der Waals surface area contributed by atoms with E-state index in [9.17, 15) is 0 Å². The fourth-order valence-corrected chi connectivity index (χ4v) is 3.00. The van der Waals surface area contributed by atoms with Crippen LogP contribution in [0.4, 0.5) is 17.3 Å². The fraction of sp³-hybridized carbons (Fsp3) is 0.444. The van der Waals surface area contributed by atoms with E-state index in [-0.39, 0.29) is 0 Å². The second kappa shape index (κ2) is 7.71. The summed E-state index contributed by atoms with van der Waals surface area (Å²) in [5.41, 5.74) is 1.18. The first-order valence-electron chi connectivity index (χ1n) is 8.49. The van der Waals surface area contributed by atoms with Crippen molar-refractivity contribution < 1.29 is 0 Å². The number of anilines is 3. The van der Waals surface area contributed by atoms with E-state index in [0.717, 1.165) is 49.3 Å². The molecule has 1 aromatic heterocycles. The van der Waals surface area contributed by atoms with E-state index in [1.165, 1.54) is 5.69 Å². The molecule has 0 aliphatic carbocycles. The number of rotatable bonds is 5. The highest BCUT2D eigenvalue weighted by atomic mass is 35.5. The van der Waals surface area contributed by atoms with Gasteiger partial charge in [0.05, 0.1) is 0 Å². The van der Waals surface area contributed by atoms with E-state index in [1.807, 2.05) is 24.3 Å². The molecule has 1 aliphatic rings. The number of halogens is 1. The highest BCUT2D eigenvalue weighted by molar-refractivity contribution is 6.30. The first-order valence-corrected chi connectivity index (χ1v) is 8.87. The van der Waals surface area contributed by atoms with Crippen molar-refractivity contribution >= 4 is 28.9 Å². The Morgan fingerprint density at radius 3 is 2.58 bits per heavy atom. The monoisotopic (exact) mass is 345 g/mol. The molecular weight excluding hydrogens is 322 g/mol. The van der Waals surface area contributed by atoms with Gasteiger partial charge in [0.1, 0.15) is 18.0 Å². The van der Waals surface area contributed by atoms with Gasteiger partial charge in [-0.1, -0.05) is 24.6 Å². The SMILES string of the molecule is CCC(C)Nc1cc(N2CCN(c3cccc(Cl)c3)CC2)ncn1. The number of hydrogen-bond acceptors (Lipinski definition) is 5. The predicted molar refractivity (Wildman–Crippen MR) is 101 cm³/mol. The van der Waals surface area contributed by atoms with E-state index in [4.69, 9.17) is 11.6 Å². The van der Waals surface area contributed by atoms with Crippen LogP contribution in [0.5, 0.6) is 0 Å². The molecule has 24 heavy (non-hydrogen) atoms. The fourth-order valence-electron chi connectivity index (χ4n) is 2.82. The molecule has 128 valence electrons. The van der Waals surface area contributed by atoms with E-state index in [2.05, 4.69) is 45.0 Å². The Labute approximate surface area is 148 Å². The largest absolute Gasteiger partial charge is 0.368 e. The lowest BCUT2D eigenvalue weighted by atomic mass is 10.2. The van der Waals surface area contributed by atoms with Gasteiger partial charge in [-0.05, 0) is 31.5 Å². The van der Waals surface area contributed by atoms with E-state index >= 15 is 0 Å². The van der Waals surface area contributed by atoms with Crippen LogP contribution in [0.2, 0.25) is 5.02 Å². The quantitative estimate of drug-likeness (QED) is 0.895. The molecule has 1 N–H and O–H groups in total. The smallest absolute Gasteiger partial charge is 0.134 e. The molecule has 1 aromatic carbocycles. The third-order valence-electron chi connectivity index (χ3n) is 4.44. The van der Waals surface area contributed by atoms with Gasteiger partial charge in [0.2, 0.25) is 0 Å². The maximum Gasteiger partial charge on any atom is 0.134 e. The number of piperazine rings is 1. The maximum absolute atomic E-state index is 6.10. The number of hydrogen-bond donors (Lipinski definition) is 1. The predicted octanol–water partition coefficient (Wildman–Crippen LogP) is 3.67. The second-order valence-electron chi connectivity index (χ2n) is 6.17. The summed E-state index contributed by atoms with van der Waals surface area (Å²) in [5.74, 6) is 1.88. The maximum atomic E-state index is 6.10. The Bertz CT molecular complexity index is 670. The van der Waals surface area contributed by atoms with Crippen molar-refractivity contribution in [2.24, 2.45) is 0 Å². The van der Waals surface area contributed by atoms with Gasteiger partial charge >= 0.3 is 0 Å². The highest BCUT2D eigenvalue weighted by Crippen LogP contribution is 2.23. The molecule has 3 rings (SSSR count). The molecule has 0 saturated carbocycles. The second-order valence-corrected chi connectivity index (χ2v) is 6.61. The van der Waals surface area contributed by atoms with Crippen molar-refractivity contribution in [2.45, 2.75) is 26.3 Å². The normalized spacial score (nSPS) is 16.1. The van der Waals surface area contributed by atoms with Crippen molar-refractivity contribution in [1.29, 1.82) is 0 Å². The van der Waals surface area contributed by atoms with Gasteiger partial charge < -0.3 is 15.1 Å². The molecule has 6 heteroatoms. The lowest BCUT2D eigenvalue weighted by molar-refractivity contribution is 0.646. The van der Waals surface area contributed by atoms with Gasteiger partial charge in [-0.25, -0.2) is 9.97 Å². The molecular formula is C18H24ClN5. The van der Waals surface area contributed by atoms with E-state index < -0.39 is 0 Å². The Morgan fingerprint density at radius 2 is 1.88 bits per heavy atom. The highest BCUT2D eigenvalue weighted by Gasteiger charge is 2.19. The Kier molecular flexibility index (Phi) is 5.41. The van der Waals surface area contributed by atoms with Crippen LogP contribution in [0.1, 0.15) is 20.3 Å². The van der Waals surface area contributed by atoms with E-state index in [0.29, 0.717) is 6.04 Å². The van der Waals surface area contributed by atoms with Crippen molar-refractivity contribution in [2.75, 3.05) is 41.3 Å². The molecule has 5 nitrogen and oxygen atoms in total. The molecule has 0 spiro atoms. The van der Waals surface area contributed by atoms with E-state index in [1.54, 1.807) is 6.33 Å². The minimum atomic E-state index is 0.410. The molecule has 0 bridgehead atoms. The zero-order chi connectivity index (χ0) is 16.9. The minimum Gasteiger partial charge on any atom is -0.368 e. The van der Waals surface area contributed by atoms with Gasteiger partial charge in [-0.15, -0.1) is 0 Å².